The molecule has 1 aromatic carbocycles. The lowest BCUT2D eigenvalue weighted by Gasteiger charge is -2.08. The summed E-state index contributed by atoms with van der Waals surface area (Å²) in [6.45, 7) is 2.18. The van der Waals surface area contributed by atoms with Gasteiger partial charge in [0.25, 0.3) is 0 Å². The minimum absolute atomic E-state index is 0.0387. The van der Waals surface area contributed by atoms with E-state index in [0.717, 1.165) is 31.0 Å². The molecule has 3 rings (SSSR count). The Morgan fingerprint density at radius 3 is 2.91 bits per heavy atom. The van der Waals surface area contributed by atoms with Gasteiger partial charge in [0.2, 0.25) is 5.91 Å². The molecule has 0 aliphatic carbocycles. The van der Waals surface area contributed by atoms with E-state index >= 15 is 0 Å². The fraction of sp³-hybridized carbons (Fsp3) is 0.412. The lowest BCUT2D eigenvalue weighted by atomic mass is 10.1. The zero-order valence-corrected chi connectivity index (χ0v) is 13.5. The van der Waals surface area contributed by atoms with E-state index in [4.69, 9.17) is 20.9 Å². The van der Waals surface area contributed by atoms with Crippen LogP contribution in [0, 0.1) is 5.92 Å². The van der Waals surface area contributed by atoms with Crippen molar-refractivity contribution in [1.82, 2.24) is 10.5 Å². The Kier molecular flexibility index (Phi) is 5.31. The quantitative estimate of drug-likeness (QED) is 0.882. The van der Waals surface area contributed by atoms with E-state index in [-0.39, 0.29) is 12.3 Å². The number of ether oxygens (including phenoxy) is 1. The third kappa shape index (κ3) is 4.81. The summed E-state index contributed by atoms with van der Waals surface area (Å²) in [7, 11) is 0. The third-order valence-corrected chi connectivity index (χ3v) is 4.10. The largest absolute Gasteiger partial charge is 0.381 e. The van der Waals surface area contributed by atoms with Gasteiger partial charge in [-0.3, -0.25) is 4.79 Å². The van der Waals surface area contributed by atoms with Crippen molar-refractivity contribution in [1.29, 1.82) is 0 Å². The second kappa shape index (κ2) is 7.62. The third-order valence-electron chi connectivity index (χ3n) is 3.85. The lowest BCUT2D eigenvalue weighted by Crippen LogP contribution is -2.30. The van der Waals surface area contributed by atoms with E-state index in [2.05, 4.69) is 10.5 Å². The Morgan fingerprint density at radius 1 is 1.35 bits per heavy atom. The van der Waals surface area contributed by atoms with E-state index < -0.39 is 0 Å². The Balaban J connectivity index is 1.48. The summed E-state index contributed by atoms with van der Waals surface area (Å²) in [4.78, 5) is 11.9. The van der Waals surface area contributed by atoms with Gasteiger partial charge in [0, 0.05) is 36.6 Å². The SMILES string of the molecule is O=C(Cc1cc(Cc2ccc(Cl)cc2)on1)NCC1CCOC1. The molecule has 1 N–H and O–H groups in total. The van der Waals surface area contributed by atoms with Crippen LogP contribution in [-0.4, -0.2) is 30.8 Å². The van der Waals surface area contributed by atoms with Crippen LogP contribution in [0.5, 0.6) is 0 Å². The maximum Gasteiger partial charge on any atom is 0.226 e. The molecule has 5 nitrogen and oxygen atoms in total. The summed E-state index contributed by atoms with van der Waals surface area (Å²) in [5, 5.41) is 7.59. The second-order valence-corrected chi connectivity index (χ2v) is 6.23. The minimum atomic E-state index is -0.0387. The van der Waals surface area contributed by atoms with Gasteiger partial charge in [-0.05, 0) is 24.1 Å². The normalized spacial score (nSPS) is 17.3. The number of rotatable bonds is 6. The monoisotopic (exact) mass is 334 g/mol. The van der Waals surface area contributed by atoms with E-state index in [9.17, 15) is 4.79 Å². The summed E-state index contributed by atoms with van der Waals surface area (Å²) < 4.78 is 10.6. The Morgan fingerprint density at radius 2 is 2.17 bits per heavy atom. The van der Waals surface area contributed by atoms with Crippen molar-refractivity contribution in [3.8, 4) is 0 Å². The summed E-state index contributed by atoms with van der Waals surface area (Å²) in [6.07, 6.45) is 1.87. The van der Waals surface area contributed by atoms with Crippen LogP contribution in [0.3, 0.4) is 0 Å². The van der Waals surface area contributed by atoms with Crippen LogP contribution in [-0.2, 0) is 22.4 Å². The summed E-state index contributed by atoms with van der Waals surface area (Å²) in [6, 6.07) is 9.40. The molecular weight excluding hydrogens is 316 g/mol. The highest BCUT2D eigenvalue weighted by molar-refractivity contribution is 6.30. The molecule has 6 heteroatoms. The van der Waals surface area contributed by atoms with E-state index in [1.165, 1.54) is 0 Å². The Bertz CT molecular complexity index is 648. The Labute approximate surface area is 139 Å². The number of hydrogen-bond acceptors (Lipinski definition) is 4. The number of hydrogen-bond donors (Lipinski definition) is 1. The van der Waals surface area contributed by atoms with Crippen LogP contribution >= 0.6 is 11.6 Å². The molecule has 1 unspecified atom stereocenters. The highest BCUT2D eigenvalue weighted by Crippen LogP contribution is 2.15. The number of carbonyl (C=O) groups excluding carboxylic acids is 1. The maximum atomic E-state index is 11.9. The first-order valence-corrected chi connectivity index (χ1v) is 8.10. The molecule has 1 saturated heterocycles. The number of carbonyl (C=O) groups is 1. The van der Waals surface area contributed by atoms with E-state index in [0.29, 0.717) is 29.6 Å². The first kappa shape index (κ1) is 16.0. The van der Waals surface area contributed by atoms with Crippen LogP contribution in [0.2, 0.25) is 5.02 Å². The molecule has 0 saturated carbocycles. The van der Waals surface area contributed by atoms with Gasteiger partial charge in [0.05, 0.1) is 18.7 Å². The average molecular weight is 335 g/mol. The molecule has 1 amide bonds. The van der Waals surface area contributed by atoms with E-state index in [1.54, 1.807) is 0 Å². The summed E-state index contributed by atoms with van der Waals surface area (Å²) in [5.41, 5.74) is 1.73. The lowest BCUT2D eigenvalue weighted by molar-refractivity contribution is -0.120. The van der Waals surface area contributed by atoms with Crippen LogP contribution in [0.25, 0.3) is 0 Å². The Hall–Kier alpha value is -1.85. The average Bonchev–Trinajstić information content (AvgIpc) is 3.20. The van der Waals surface area contributed by atoms with Gasteiger partial charge in [0.15, 0.2) is 0 Å². The molecular formula is C17H19ClN2O3. The van der Waals surface area contributed by atoms with Crippen molar-refractivity contribution < 1.29 is 14.1 Å². The van der Waals surface area contributed by atoms with Crippen LogP contribution < -0.4 is 5.32 Å². The van der Waals surface area contributed by atoms with Crippen molar-refractivity contribution in [2.24, 2.45) is 5.92 Å². The molecule has 2 heterocycles. The van der Waals surface area contributed by atoms with Gasteiger partial charge >= 0.3 is 0 Å². The number of nitrogens with one attached hydrogen (secondary N) is 1. The van der Waals surface area contributed by atoms with Crippen LogP contribution in [0.15, 0.2) is 34.9 Å². The van der Waals surface area contributed by atoms with Crippen LogP contribution in [0.4, 0.5) is 0 Å². The molecule has 1 aliphatic heterocycles. The van der Waals surface area contributed by atoms with E-state index in [1.807, 2.05) is 30.3 Å². The fourth-order valence-corrected chi connectivity index (χ4v) is 2.68. The van der Waals surface area contributed by atoms with Gasteiger partial charge in [-0.1, -0.05) is 28.9 Å². The molecule has 0 radical (unpaired) electrons. The number of benzene rings is 1. The van der Waals surface area contributed by atoms with Crippen molar-refractivity contribution >= 4 is 17.5 Å². The van der Waals surface area contributed by atoms with Crippen molar-refractivity contribution in [2.45, 2.75) is 19.3 Å². The predicted molar refractivity (Wildman–Crippen MR) is 86.4 cm³/mol. The van der Waals surface area contributed by atoms with Gasteiger partial charge < -0.3 is 14.6 Å². The van der Waals surface area contributed by atoms with Crippen molar-refractivity contribution in [2.75, 3.05) is 19.8 Å². The van der Waals surface area contributed by atoms with Crippen LogP contribution in [0.1, 0.15) is 23.4 Å². The molecule has 122 valence electrons. The predicted octanol–water partition coefficient (Wildman–Crippen LogP) is 2.61. The van der Waals surface area contributed by atoms with Gasteiger partial charge in [-0.15, -0.1) is 0 Å². The van der Waals surface area contributed by atoms with Gasteiger partial charge in [-0.25, -0.2) is 0 Å². The van der Waals surface area contributed by atoms with Gasteiger partial charge in [0.1, 0.15) is 5.76 Å². The molecule has 0 bridgehead atoms. The highest BCUT2D eigenvalue weighted by atomic mass is 35.5. The fourth-order valence-electron chi connectivity index (χ4n) is 2.56. The topological polar surface area (TPSA) is 64.4 Å². The van der Waals surface area contributed by atoms with Crippen molar-refractivity contribution in [3.05, 3.63) is 52.4 Å². The number of halogens is 1. The minimum Gasteiger partial charge on any atom is -0.381 e. The van der Waals surface area contributed by atoms with Gasteiger partial charge in [-0.2, -0.15) is 0 Å². The molecule has 1 fully saturated rings. The number of nitrogens with zero attached hydrogens (tertiary/aromatic N) is 1. The smallest absolute Gasteiger partial charge is 0.226 e. The molecule has 1 aliphatic rings. The summed E-state index contributed by atoms with van der Waals surface area (Å²) >= 11 is 5.86. The maximum absolute atomic E-state index is 11.9. The number of amides is 1. The molecule has 1 atom stereocenters. The molecule has 0 spiro atoms. The molecule has 23 heavy (non-hydrogen) atoms. The first-order valence-electron chi connectivity index (χ1n) is 7.72. The first-order chi connectivity index (χ1) is 11.2. The zero-order chi connectivity index (χ0) is 16.1. The summed E-state index contributed by atoms with van der Waals surface area (Å²) in [5.74, 6) is 1.12. The molecule has 1 aromatic heterocycles. The molecule has 2 aromatic rings. The number of aromatic nitrogens is 1. The second-order valence-electron chi connectivity index (χ2n) is 5.80. The standard InChI is InChI=1S/C17H19ClN2O3/c18-14-3-1-12(2-4-14)7-16-8-15(20-23-16)9-17(21)19-10-13-5-6-22-11-13/h1-4,8,13H,5-7,9-11H2,(H,19,21). The highest BCUT2D eigenvalue weighted by Gasteiger charge is 2.17. The van der Waals surface area contributed by atoms with Crippen molar-refractivity contribution in [3.63, 3.8) is 0 Å². The zero-order valence-electron chi connectivity index (χ0n) is 12.8.